The summed E-state index contributed by atoms with van der Waals surface area (Å²) < 4.78 is 28.4. The minimum Gasteiger partial charge on any atom is -0.468 e. The molecule has 1 rings (SSSR count). The van der Waals surface area contributed by atoms with Gasteiger partial charge in [-0.2, -0.15) is 0 Å². The van der Waals surface area contributed by atoms with Crippen LogP contribution in [0.1, 0.15) is 18.1 Å². The lowest BCUT2D eigenvalue weighted by Gasteiger charge is -2.12. The van der Waals surface area contributed by atoms with Crippen LogP contribution in [0.4, 0.5) is 0 Å². The van der Waals surface area contributed by atoms with E-state index in [4.69, 9.17) is 0 Å². The fourth-order valence-corrected chi connectivity index (χ4v) is 2.82. The highest BCUT2D eigenvalue weighted by atomic mass is 32.2. The molecule has 1 aromatic rings. The highest BCUT2D eigenvalue weighted by molar-refractivity contribution is 7.92. The third kappa shape index (κ3) is 3.30. The molecule has 0 heterocycles. The molecule has 1 aromatic carbocycles. The molecular formula is C12H16O4S. The average molecular weight is 256 g/mol. The van der Waals surface area contributed by atoms with Crippen molar-refractivity contribution in [3.05, 3.63) is 35.4 Å². The fraction of sp³-hybridized carbons (Fsp3) is 0.417. The molecule has 0 radical (unpaired) electrons. The Morgan fingerprint density at radius 1 is 1.35 bits per heavy atom. The molecule has 0 aliphatic rings. The van der Waals surface area contributed by atoms with E-state index in [0.717, 1.165) is 5.56 Å². The van der Waals surface area contributed by atoms with Gasteiger partial charge in [0, 0.05) is 0 Å². The van der Waals surface area contributed by atoms with Gasteiger partial charge in [-0.1, -0.05) is 24.3 Å². The summed E-state index contributed by atoms with van der Waals surface area (Å²) >= 11 is 0. The standard InChI is InChI=1S/C12H16O4S/c1-9-6-4-5-7-11(9)8-17(14,15)10(2)12(13)16-3/h4-7,10H,8H2,1-3H3. The Morgan fingerprint density at radius 2 is 1.94 bits per heavy atom. The van der Waals surface area contributed by atoms with Crippen molar-refractivity contribution < 1.29 is 17.9 Å². The lowest BCUT2D eigenvalue weighted by molar-refractivity contribution is -0.139. The van der Waals surface area contributed by atoms with E-state index >= 15 is 0 Å². The van der Waals surface area contributed by atoms with Gasteiger partial charge in [-0.25, -0.2) is 8.42 Å². The molecule has 0 saturated heterocycles. The SMILES string of the molecule is COC(=O)C(C)S(=O)(=O)Cc1ccccc1C. The molecule has 5 heteroatoms. The maximum atomic E-state index is 12.0. The van der Waals surface area contributed by atoms with Crippen molar-refractivity contribution in [1.82, 2.24) is 0 Å². The van der Waals surface area contributed by atoms with Gasteiger partial charge in [0.15, 0.2) is 15.1 Å². The van der Waals surface area contributed by atoms with Crippen molar-refractivity contribution >= 4 is 15.8 Å². The first-order valence-electron chi connectivity index (χ1n) is 5.22. The van der Waals surface area contributed by atoms with E-state index in [9.17, 15) is 13.2 Å². The van der Waals surface area contributed by atoms with Crippen LogP contribution in [0.5, 0.6) is 0 Å². The van der Waals surface area contributed by atoms with Gasteiger partial charge in [-0.15, -0.1) is 0 Å². The molecule has 0 aromatic heterocycles. The highest BCUT2D eigenvalue weighted by Gasteiger charge is 2.29. The van der Waals surface area contributed by atoms with Crippen molar-refractivity contribution in [2.24, 2.45) is 0 Å². The topological polar surface area (TPSA) is 60.4 Å². The van der Waals surface area contributed by atoms with Gasteiger partial charge in [-0.3, -0.25) is 4.79 Å². The van der Waals surface area contributed by atoms with Crippen molar-refractivity contribution in [3.8, 4) is 0 Å². The summed E-state index contributed by atoms with van der Waals surface area (Å²) in [5.74, 6) is -0.866. The summed E-state index contributed by atoms with van der Waals surface area (Å²) in [6, 6.07) is 7.21. The molecule has 0 N–H and O–H groups in total. The zero-order chi connectivity index (χ0) is 13.1. The van der Waals surface area contributed by atoms with Crippen molar-refractivity contribution in [1.29, 1.82) is 0 Å². The lowest BCUT2D eigenvalue weighted by Crippen LogP contribution is -2.29. The van der Waals surface area contributed by atoms with E-state index in [2.05, 4.69) is 4.74 Å². The van der Waals surface area contributed by atoms with Crippen LogP contribution in [0.15, 0.2) is 24.3 Å². The van der Waals surface area contributed by atoms with Crippen LogP contribution < -0.4 is 0 Å². The van der Waals surface area contributed by atoms with E-state index < -0.39 is 21.1 Å². The van der Waals surface area contributed by atoms with Gasteiger partial charge in [-0.05, 0) is 25.0 Å². The second kappa shape index (κ2) is 5.31. The van der Waals surface area contributed by atoms with E-state index in [1.165, 1.54) is 14.0 Å². The second-order valence-electron chi connectivity index (χ2n) is 3.90. The quantitative estimate of drug-likeness (QED) is 0.765. The molecule has 0 amide bonds. The number of ether oxygens (including phenoxy) is 1. The minimum absolute atomic E-state index is 0.143. The van der Waals surface area contributed by atoms with E-state index in [0.29, 0.717) is 5.56 Å². The zero-order valence-corrected chi connectivity index (χ0v) is 11.0. The van der Waals surface area contributed by atoms with Gasteiger partial charge in [0.1, 0.15) is 0 Å². The van der Waals surface area contributed by atoms with Crippen molar-refractivity contribution in [2.45, 2.75) is 24.9 Å². The Hall–Kier alpha value is -1.36. The van der Waals surface area contributed by atoms with Crippen LogP contribution in [0.2, 0.25) is 0 Å². The van der Waals surface area contributed by atoms with E-state index in [1.54, 1.807) is 12.1 Å². The summed E-state index contributed by atoms with van der Waals surface area (Å²) in [6.07, 6.45) is 0. The summed E-state index contributed by atoms with van der Waals surface area (Å²) in [5, 5.41) is -1.13. The van der Waals surface area contributed by atoms with Crippen molar-refractivity contribution in [2.75, 3.05) is 7.11 Å². The highest BCUT2D eigenvalue weighted by Crippen LogP contribution is 2.15. The largest absolute Gasteiger partial charge is 0.468 e. The summed E-state index contributed by atoms with van der Waals surface area (Å²) in [5.41, 5.74) is 1.61. The van der Waals surface area contributed by atoms with Crippen LogP contribution in [0.3, 0.4) is 0 Å². The maximum Gasteiger partial charge on any atom is 0.323 e. The maximum absolute atomic E-state index is 12.0. The zero-order valence-electron chi connectivity index (χ0n) is 10.1. The third-order valence-corrected chi connectivity index (χ3v) is 4.67. The number of methoxy groups -OCH3 is 1. The smallest absolute Gasteiger partial charge is 0.323 e. The van der Waals surface area contributed by atoms with E-state index in [-0.39, 0.29) is 5.75 Å². The molecule has 0 saturated carbocycles. The third-order valence-electron chi connectivity index (χ3n) is 2.69. The van der Waals surface area contributed by atoms with Crippen molar-refractivity contribution in [3.63, 3.8) is 0 Å². The molecule has 1 atom stereocenters. The molecule has 17 heavy (non-hydrogen) atoms. The molecule has 0 spiro atoms. The Labute approximate surface area is 102 Å². The van der Waals surface area contributed by atoms with Crippen LogP contribution in [0.25, 0.3) is 0 Å². The first-order valence-corrected chi connectivity index (χ1v) is 6.94. The van der Waals surface area contributed by atoms with Gasteiger partial charge >= 0.3 is 5.97 Å². The fourth-order valence-electron chi connectivity index (χ4n) is 1.43. The second-order valence-corrected chi connectivity index (χ2v) is 6.22. The monoisotopic (exact) mass is 256 g/mol. The first-order chi connectivity index (χ1) is 7.88. The summed E-state index contributed by atoms with van der Waals surface area (Å²) in [4.78, 5) is 11.2. The number of esters is 1. The Morgan fingerprint density at radius 3 is 2.47 bits per heavy atom. The van der Waals surface area contributed by atoms with Crippen LogP contribution in [0, 0.1) is 6.92 Å². The van der Waals surface area contributed by atoms with Gasteiger partial charge in [0.05, 0.1) is 12.9 Å². The molecular weight excluding hydrogens is 240 g/mol. The Bertz CT molecular complexity index is 505. The molecule has 4 nitrogen and oxygen atoms in total. The molecule has 0 fully saturated rings. The van der Waals surface area contributed by atoms with Gasteiger partial charge < -0.3 is 4.74 Å². The number of carbonyl (C=O) groups excluding carboxylic acids is 1. The summed E-state index contributed by atoms with van der Waals surface area (Å²) in [7, 11) is -2.34. The van der Waals surface area contributed by atoms with Crippen LogP contribution >= 0.6 is 0 Å². The predicted octanol–water partition coefficient (Wildman–Crippen LogP) is 1.47. The van der Waals surface area contributed by atoms with Crippen LogP contribution in [-0.2, 0) is 25.1 Å². The molecule has 0 bridgehead atoms. The number of hydrogen-bond donors (Lipinski definition) is 0. The normalized spacial score (nSPS) is 13.1. The number of sulfone groups is 1. The average Bonchev–Trinajstić information content (AvgIpc) is 2.30. The summed E-state index contributed by atoms with van der Waals surface area (Å²) in [6.45, 7) is 3.19. The Kier molecular flexibility index (Phi) is 4.28. The lowest BCUT2D eigenvalue weighted by atomic mass is 10.1. The van der Waals surface area contributed by atoms with E-state index in [1.807, 2.05) is 19.1 Å². The first kappa shape index (κ1) is 13.7. The Balaban J connectivity index is 2.95. The van der Waals surface area contributed by atoms with Crippen LogP contribution in [-0.4, -0.2) is 26.7 Å². The number of benzene rings is 1. The number of rotatable bonds is 4. The minimum atomic E-state index is -3.52. The predicted molar refractivity (Wildman–Crippen MR) is 65.3 cm³/mol. The van der Waals surface area contributed by atoms with Gasteiger partial charge in [0.25, 0.3) is 0 Å². The molecule has 0 aliphatic heterocycles. The molecule has 0 aliphatic carbocycles. The molecule has 94 valence electrons. The number of hydrogen-bond acceptors (Lipinski definition) is 4. The van der Waals surface area contributed by atoms with Gasteiger partial charge in [0.2, 0.25) is 0 Å². The molecule has 1 unspecified atom stereocenters. The number of aryl methyl sites for hydroxylation is 1. The number of carbonyl (C=O) groups is 1.